The van der Waals surface area contributed by atoms with E-state index in [-0.39, 0.29) is 5.63 Å². The molecule has 66 valence electrons. The molecule has 3 nitrogen and oxygen atoms in total. The van der Waals surface area contributed by atoms with E-state index in [0.29, 0.717) is 4.90 Å². The van der Waals surface area contributed by atoms with Gasteiger partial charge in [0.05, 0.1) is 5.69 Å². The first-order chi connectivity index (χ1) is 5.66. The van der Waals surface area contributed by atoms with E-state index in [0.717, 1.165) is 11.4 Å². The Bertz CT molecular complexity index is 337. The Hall–Kier alpha value is -0.900. The number of thioether (sulfide) groups is 1. The Morgan fingerprint density at radius 2 is 2.42 bits per heavy atom. The van der Waals surface area contributed by atoms with Crippen molar-refractivity contribution in [3.8, 4) is 0 Å². The smallest absolute Gasteiger partial charge is 0.335 e. The molecule has 12 heavy (non-hydrogen) atoms. The van der Waals surface area contributed by atoms with Crippen LogP contribution in [0.15, 0.2) is 26.9 Å². The fraction of sp³-hybridized carbons (Fsp3) is 0.375. The molecule has 0 aliphatic heterocycles. The van der Waals surface area contributed by atoms with Gasteiger partial charge in [0.1, 0.15) is 4.90 Å². The predicted molar refractivity (Wildman–Crippen MR) is 49.6 cm³/mol. The highest BCUT2D eigenvalue weighted by Crippen LogP contribution is 2.17. The van der Waals surface area contributed by atoms with Gasteiger partial charge in [-0.25, -0.2) is 9.53 Å². The van der Waals surface area contributed by atoms with E-state index in [4.69, 9.17) is 4.52 Å². The summed E-state index contributed by atoms with van der Waals surface area (Å²) in [4.78, 5) is 11.8. The quantitative estimate of drug-likeness (QED) is 0.529. The molecule has 4 heteroatoms. The summed E-state index contributed by atoms with van der Waals surface area (Å²) in [6.07, 6.45) is 1.76. The van der Waals surface area contributed by atoms with Crippen molar-refractivity contribution in [3.05, 3.63) is 28.8 Å². The minimum atomic E-state index is -0.262. The fourth-order valence-corrected chi connectivity index (χ4v) is 1.61. The summed E-state index contributed by atoms with van der Waals surface area (Å²) in [5.74, 6) is 0.732. The zero-order valence-corrected chi connectivity index (χ0v) is 7.98. The zero-order chi connectivity index (χ0) is 9.14. The van der Waals surface area contributed by atoms with Gasteiger partial charge in [-0.2, -0.15) is 0 Å². The molecule has 0 bridgehead atoms. The monoisotopic (exact) mass is 185 g/mol. The average Bonchev–Trinajstić information content (AvgIpc) is 2.25. The molecule has 0 radical (unpaired) electrons. The Morgan fingerprint density at radius 3 is 2.83 bits per heavy atom. The maximum absolute atomic E-state index is 11.1. The van der Waals surface area contributed by atoms with E-state index < -0.39 is 0 Å². The highest BCUT2D eigenvalue weighted by Gasteiger charge is 2.10. The molecule has 0 saturated heterocycles. The van der Waals surface area contributed by atoms with Crippen LogP contribution >= 0.6 is 11.8 Å². The first kappa shape index (κ1) is 9.19. The molecule has 0 aromatic carbocycles. The van der Waals surface area contributed by atoms with Crippen LogP contribution in [0.5, 0.6) is 0 Å². The van der Waals surface area contributed by atoms with Gasteiger partial charge in [-0.1, -0.05) is 6.08 Å². The van der Waals surface area contributed by atoms with Crippen LogP contribution in [0.25, 0.3) is 0 Å². The highest BCUT2D eigenvalue weighted by molar-refractivity contribution is 7.99. The molecule has 0 amide bonds. The van der Waals surface area contributed by atoms with Crippen molar-refractivity contribution in [2.24, 2.45) is 7.05 Å². The summed E-state index contributed by atoms with van der Waals surface area (Å²) < 4.78 is 6.33. The van der Waals surface area contributed by atoms with Gasteiger partial charge < -0.3 is 4.52 Å². The molecule has 1 aromatic heterocycles. The van der Waals surface area contributed by atoms with Crippen molar-refractivity contribution in [1.82, 2.24) is 4.74 Å². The van der Waals surface area contributed by atoms with Gasteiger partial charge >= 0.3 is 5.63 Å². The standard InChI is InChI=1S/C8H11NO2S/c1-4-5-12-7-6(2)9(3)11-8(7)10/h4H,1,5H2,2-3H3. The van der Waals surface area contributed by atoms with Gasteiger partial charge in [0, 0.05) is 12.8 Å². The second-order valence-corrected chi connectivity index (χ2v) is 3.42. The molecule has 0 aliphatic carbocycles. The maximum Gasteiger partial charge on any atom is 0.371 e. The van der Waals surface area contributed by atoms with E-state index in [1.54, 1.807) is 13.1 Å². The molecular weight excluding hydrogens is 174 g/mol. The zero-order valence-electron chi connectivity index (χ0n) is 7.16. The largest absolute Gasteiger partial charge is 0.371 e. The van der Waals surface area contributed by atoms with E-state index in [1.807, 2.05) is 6.92 Å². The van der Waals surface area contributed by atoms with Gasteiger partial charge in [0.15, 0.2) is 0 Å². The number of rotatable bonds is 3. The molecule has 0 saturated carbocycles. The van der Waals surface area contributed by atoms with Crippen LogP contribution < -0.4 is 5.63 Å². The minimum absolute atomic E-state index is 0.262. The molecule has 0 spiro atoms. The van der Waals surface area contributed by atoms with E-state index >= 15 is 0 Å². The minimum Gasteiger partial charge on any atom is -0.335 e. The van der Waals surface area contributed by atoms with Gasteiger partial charge in [-0.3, -0.25) is 0 Å². The number of aryl methyl sites for hydroxylation is 1. The average molecular weight is 185 g/mol. The lowest BCUT2D eigenvalue weighted by Crippen LogP contribution is -1.95. The SMILES string of the molecule is C=CCSc1c(C)n(C)oc1=O. The van der Waals surface area contributed by atoms with Gasteiger partial charge in [-0.05, 0) is 6.92 Å². The summed E-state index contributed by atoms with van der Waals surface area (Å²) >= 11 is 1.45. The fourth-order valence-electron chi connectivity index (χ4n) is 0.831. The molecule has 0 fully saturated rings. The van der Waals surface area contributed by atoms with Crippen LogP contribution in [-0.2, 0) is 7.05 Å². The van der Waals surface area contributed by atoms with Crippen LogP contribution in [0.2, 0.25) is 0 Å². The number of aromatic nitrogens is 1. The molecule has 1 rings (SSSR count). The second kappa shape index (κ2) is 3.67. The van der Waals surface area contributed by atoms with Crippen LogP contribution in [0.3, 0.4) is 0 Å². The van der Waals surface area contributed by atoms with Crippen LogP contribution in [-0.4, -0.2) is 10.5 Å². The van der Waals surface area contributed by atoms with Crippen LogP contribution in [0, 0.1) is 6.92 Å². The Kier molecular flexibility index (Phi) is 2.81. The van der Waals surface area contributed by atoms with E-state index in [1.165, 1.54) is 16.5 Å². The van der Waals surface area contributed by atoms with Gasteiger partial charge in [0.25, 0.3) is 0 Å². The summed E-state index contributed by atoms with van der Waals surface area (Å²) in [6, 6.07) is 0. The Balaban J connectivity index is 2.97. The molecule has 0 unspecified atom stereocenters. The highest BCUT2D eigenvalue weighted by atomic mass is 32.2. The van der Waals surface area contributed by atoms with Crippen LogP contribution in [0.4, 0.5) is 0 Å². The molecule has 1 aromatic rings. The first-order valence-corrected chi connectivity index (χ1v) is 4.56. The lowest BCUT2D eigenvalue weighted by atomic mass is 10.5. The van der Waals surface area contributed by atoms with Crippen molar-refractivity contribution in [2.75, 3.05) is 5.75 Å². The molecule has 0 aliphatic rings. The molecule has 1 heterocycles. The van der Waals surface area contributed by atoms with Gasteiger partial charge in [0.2, 0.25) is 0 Å². The Labute approximate surface area is 75.0 Å². The topological polar surface area (TPSA) is 35.1 Å². The first-order valence-electron chi connectivity index (χ1n) is 3.57. The lowest BCUT2D eigenvalue weighted by molar-refractivity contribution is 0.279. The second-order valence-electron chi connectivity index (χ2n) is 2.39. The van der Waals surface area contributed by atoms with Gasteiger partial charge in [-0.15, -0.1) is 18.3 Å². The number of nitrogens with zero attached hydrogens (tertiary/aromatic N) is 1. The van der Waals surface area contributed by atoms with Crippen molar-refractivity contribution in [1.29, 1.82) is 0 Å². The third-order valence-electron chi connectivity index (χ3n) is 1.55. The summed E-state index contributed by atoms with van der Waals surface area (Å²) in [5, 5.41) is 0. The third-order valence-corrected chi connectivity index (χ3v) is 2.70. The molecule has 0 N–H and O–H groups in total. The summed E-state index contributed by atoms with van der Waals surface area (Å²) in [5.41, 5.74) is 0.605. The van der Waals surface area contributed by atoms with Crippen molar-refractivity contribution >= 4 is 11.8 Å². The van der Waals surface area contributed by atoms with Crippen molar-refractivity contribution in [2.45, 2.75) is 11.8 Å². The Morgan fingerprint density at radius 1 is 1.75 bits per heavy atom. The maximum atomic E-state index is 11.1. The van der Waals surface area contributed by atoms with E-state index in [2.05, 4.69) is 6.58 Å². The van der Waals surface area contributed by atoms with Crippen molar-refractivity contribution < 1.29 is 4.52 Å². The number of hydrogen-bond donors (Lipinski definition) is 0. The third kappa shape index (κ3) is 1.64. The molecular formula is C8H11NO2S. The summed E-state index contributed by atoms with van der Waals surface area (Å²) in [6.45, 7) is 5.44. The summed E-state index contributed by atoms with van der Waals surface area (Å²) in [7, 11) is 1.72. The normalized spacial score (nSPS) is 10.2. The lowest BCUT2D eigenvalue weighted by Gasteiger charge is -1.93. The number of hydrogen-bond acceptors (Lipinski definition) is 3. The van der Waals surface area contributed by atoms with E-state index in [9.17, 15) is 4.79 Å². The molecule has 0 atom stereocenters. The predicted octanol–water partition coefficient (Wildman–Crippen LogP) is 1.56. The van der Waals surface area contributed by atoms with Crippen molar-refractivity contribution in [3.63, 3.8) is 0 Å². The van der Waals surface area contributed by atoms with Crippen LogP contribution in [0.1, 0.15) is 5.69 Å².